The van der Waals surface area contributed by atoms with Gasteiger partial charge in [0.25, 0.3) is 5.91 Å². The molecule has 1 aromatic rings. The van der Waals surface area contributed by atoms with Gasteiger partial charge in [0.2, 0.25) is 5.91 Å². The zero-order valence-electron chi connectivity index (χ0n) is 13.2. The number of primary amides is 1. The standard InChI is InChI=1S/C16H20Br2N2O2S/c1-3-8-4-5-9-10(6-8)23-13(11(9)12(19)21)20-14(22)15(2)7-16(15,17)18/h8H,3-7H2,1-2H3,(H2,19,21)(H,20,22)/t8-,15-/m1/s1. The van der Waals surface area contributed by atoms with Gasteiger partial charge in [-0.3, -0.25) is 9.59 Å². The molecule has 2 aliphatic carbocycles. The topological polar surface area (TPSA) is 72.2 Å². The van der Waals surface area contributed by atoms with Crippen molar-refractivity contribution in [3.63, 3.8) is 0 Å². The Labute approximate surface area is 156 Å². The van der Waals surface area contributed by atoms with Crippen LogP contribution in [-0.4, -0.2) is 15.0 Å². The van der Waals surface area contributed by atoms with E-state index in [1.165, 1.54) is 16.2 Å². The first-order valence-electron chi connectivity index (χ1n) is 7.83. The van der Waals surface area contributed by atoms with Gasteiger partial charge in [0.15, 0.2) is 0 Å². The molecule has 0 aromatic carbocycles. The number of rotatable bonds is 4. The minimum absolute atomic E-state index is 0.0839. The minimum atomic E-state index is -0.516. The van der Waals surface area contributed by atoms with Crippen molar-refractivity contribution in [3.8, 4) is 0 Å². The molecule has 126 valence electrons. The molecule has 3 N–H and O–H groups in total. The summed E-state index contributed by atoms with van der Waals surface area (Å²) in [6, 6.07) is 0. The van der Waals surface area contributed by atoms with Gasteiger partial charge < -0.3 is 11.1 Å². The molecule has 23 heavy (non-hydrogen) atoms. The lowest BCUT2D eigenvalue weighted by molar-refractivity contribution is -0.120. The first-order valence-corrected chi connectivity index (χ1v) is 10.2. The molecule has 2 amide bonds. The van der Waals surface area contributed by atoms with Crippen molar-refractivity contribution in [1.82, 2.24) is 0 Å². The number of hydrogen-bond donors (Lipinski definition) is 2. The second kappa shape index (κ2) is 5.85. The summed E-state index contributed by atoms with van der Waals surface area (Å²) in [5.74, 6) is 0.126. The van der Waals surface area contributed by atoms with Gasteiger partial charge in [-0.15, -0.1) is 11.3 Å². The van der Waals surface area contributed by atoms with Crippen LogP contribution in [0.1, 0.15) is 53.9 Å². The summed E-state index contributed by atoms with van der Waals surface area (Å²) in [6.45, 7) is 4.09. The molecule has 1 fully saturated rings. The van der Waals surface area contributed by atoms with Crippen molar-refractivity contribution < 1.29 is 9.59 Å². The zero-order valence-corrected chi connectivity index (χ0v) is 17.2. The summed E-state index contributed by atoms with van der Waals surface area (Å²) in [7, 11) is 0. The molecule has 0 bridgehead atoms. The van der Waals surface area contributed by atoms with Crippen LogP contribution in [0.5, 0.6) is 0 Å². The van der Waals surface area contributed by atoms with Crippen LogP contribution in [0.15, 0.2) is 0 Å². The van der Waals surface area contributed by atoms with Crippen molar-refractivity contribution >= 4 is 60.0 Å². The summed E-state index contributed by atoms with van der Waals surface area (Å²) < 4.78 is -0.353. The van der Waals surface area contributed by atoms with Gasteiger partial charge in [-0.2, -0.15) is 0 Å². The Balaban J connectivity index is 1.90. The Bertz CT molecular complexity index is 686. The van der Waals surface area contributed by atoms with Crippen LogP contribution in [0.2, 0.25) is 0 Å². The van der Waals surface area contributed by atoms with Crippen molar-refractivity contribution in [2.45, 2.75) is 49.2 Å². The average molecular weight is 464 g/mol. The van der Waals surface area contributed by atoms with Gasteiger partial charge in [0.05, 0.1) is 14.2 Å². The van der Waals surface area contributed by atoms with E-state index >= 15 is 0 Å². The zero-order chi connectivity index (χ0) is 17.0. The summed E-state index contributed by atoms with van der Waals surface area (Å²) in [5, 5.41) is 3.58. The quantitative estimate of drug-likeness (QED) is 0.656. The molecule has 0 spiro atoms. The SMILES string of the molecule is CC[C@@H]1CCc2c(sc(NC(=O)[C@@]3(C)CC3(Br)Br)c2C(N)=O)C1. The number of thiophene rings is 1. The largest absolute Gasteiger partial charge is 0.365 e. The number of anilines is 1. The van der Waals surface area contributed by atoms with E-state index < -0.39 is 11.3 Å². The fraction of sp³-hybridized carbons (Fsp3) is 0.625. The Morgan fingerprint density at radius 3 is 2.61 bits per heavy atom. The second-order valence-corrected chi connectivity index (χ2v) is 11.6. The molecule has 1 heterocycles. The third kappa shape index (κ3) is 2.89. The third-order valence-electron chi connectivity index (χ3n) is 5.18. The van der Waals surface area contributed by atoms with Crippen molar-refractivity contribution in [2.75, 3.05) is 5.32 Å². The third-order valence-corrected chi connectivity index (χ3v) is 8.66. The number of fused-ring (bicyclic) bond motifs is 1. The van der Waals surface area contributed by atoms with E-state index in [4.69, 9.17) is 5.73 Å². The Morgan fingerprint density at radius 1 is 1.43 bits per heavy atom. The van der Waals surface area contributed by atoms with Gasteiger partial charge in [0, 0.05) is 4.88 Å². The molecule has 2 atom stereocenters. The van der Waals surface area contributed by atoms with E-state index in [0.717, 1.165) is 31.2 Å². The highest BCUT2D eigenvalue weighted by Crippen LogP contribution is 2.66. The number of hydrogen-bond acceptors (Lipinski definition) is 3. The number of alkyl halides is 2. The number of carbonyl (C=O) groups is 2. The molecule has 0 unspecified atom stereocenters. The van der Waals surface area contributed by atoms with E-state index in [9.17, 15) is 9.59 Å². The Hall–Kier alpha value is -0.400. The highest BCUT2D eigenvalue weighted by Gasteiger charge is 2.66. The van der Waals surface area contributed by atoms with E-state index in [2.05, 4.69) is 44.1 Å². The molecule has 1 saturated carbocycles. The summed E-state index contributed by atoms with van der Waals surface area (Å²) in [5.41, 5.74) is 6.66. The molecule has 3 rings (SSSR count). The highest BCUT2D eigenvalue weighted by molar-refractivity contribution is 9.25. The predicted octanol–water partition coefficient (Wildman–Crippen LogP) is 4.20. The second-order valence-electron chi connectivity index (χ2n) is 6.76. The lowest BCUT2D eigenvalue weighted by atomic mass is 9.85. The number of carbonyl (C=O) groups excluding carboxylic acids is 2. The Kier molecular flexibility index (Phi) is 4.43. The molecule has 4 nitrogen and oxygen atoms in total. The lowest BCUT2D eigenvalue weighted by Crippen LogP contribution is -2.26. The number of halogens is 2. The normalized spacial score (nSPS) is 28.1. The molecule has 0 radical (unpaired) electrons. The van der Waals surface area contributed by atoms with Crippen molar-refractivity contribution in [2.24, 2.45) is 17.1 Å². The van der Waals surface area contributed by atoms with Crippen molar-refractivity contribution in [3.05, 3.63) is 16.0 Å². The number of nitrogens with one attached hydrogen (secondary N) is 1. The first kappa shape index (κ1) is 17.4. The van der Waals surface area contributed by atoms with Crippen LogP contribution in [0.25, 0.3) is 0 Å². The summed E-state index contributed by atoms with van der Waals surface area (Å²) >= 11 is 8.54. The van der Waals surface area contributed by atoms with E-state index in [-0.39, 0.29) is 9.14 Å². The average Bonchev–Trinajstić information content (AvgIpc) is 2.84. The van der Waals surface area contributed by atoms with Gasteiger partial charge in [-0.25, -0.2) is 0 Å². The van der Waals surface area contributed by atoms with Crippen LogP contribution in [0, 0.1) is 11.3 Å². The van der Waals surface area contributed by atoms with Gasteiger partial charge >= 0.3 is 0 Å². The molecular weight excluding hydrogens is 444 g/mol. The predicted molar refractivity (Wildman–Crippen MR) is 101 cm³/mol. The smallest absolute Gasteiger partial charge is 0.251 e. The molecule has 7 heteroatoms. The van der Waals surface area contributed by atoms with Crippen LogP contribution >= 0.6 is 43.2 Å². The van der Waals surface area contributed by atoms with Crippen LogP contribution in [-0.2, 0) is 17.6 Å². The molecule has 0 aliphatic heterocycles. The van der Waals surface area contributed by atoms with Gasteiger partial charge in [-0.1, -0.05) is 45.2 Å². The van der Waals surface area contributed by atoms with E-state index in [1.807, 2.05) is 6.92 Å². The maximum absolute atomic E-state index is 12.6. The van der Waals surface area contributed by atoms with E-state index in [1.54, 1.807) is 0 Å². The van der Waals surface area contributed by atoms with Gasteiger partial charge in [-0.05, 0) is 44.1 Å². The van der Waals surface area contributed by atoms with Crippen LogP contribution < -0.4 is 11.1 Å². The molecule has 1 aromatic heterocycles. The number of amides is 2. The van der Waals surface area contributed by atoms with E-state index in [0.29, 0.717) is 22.9 Å². The summed E-state index contributed by atoms with van der Waals surface area (Å²) in [6.07, 6.45) is 4.78. The molecular formula is C16H20Br2N2O2S. The summed E-state index contributed by atoms with van der Waals surface area (Å²) in [4.78, 5) is 25.7. The molecule has 2 aliphatic rings. The van der Waals surface area contributed by atoms with Crippen molar-refractivity contribution in [1.29, 1.82) is 0 Å². The Morgan fingerprint density at radius 2 is 2.09 bits per heavy atom. The maximum Gasteiger partial charge on any atom is 0.251 e. The lowest BCUT2D eigenvalue weighted by Gasteiger charge is -2.20. The first-order chi connectivity index (χ1) is 10.7. The fourth-order valence-electron chi connectivity index (χ4n) is 3.24. The maximum atomic E-state index is 12.6. The minimum Gasteiger partial charge on any atom is -0.365 e. The number of nitrogens with two attached hydrogens (primary N) is 1. The van der Waals surface area contributed by atoms with Crippen LogP contribution in [0.4, 0.5) is 5.00 Å². The fourth-order valence-corrected chi connectivity index (χ4v) is 6.08. The molecule has 0 saturated heterocycles. The van der Waals surface area contributed by atoms with Crippen LogP contribution in [0.3, 0.4) is 0 Å². The highest BCUT2D eigenvalue weighted by atomic mass is 79.9. The van der Waals surface area contributed by atoms with Gasteiger partial charge in [0.1, 0.15) is 5.00 Å². The monoisotopic (exact) mass is 462 g/mol.